The van der Waals surface area contributed by atoms with Crippen molar-refractivity contribution >= 4 is 68.8 Å². The summed E-state index contributed by atoms with van der Waals surface area (Å²) in [6.45, 7) is 6.08. The lowest BCUT2D eigenvalue weighted by Gasteiger charge is -2.36. The van der Waals surface area contributed by atoms with Crippen LogP contribution in [0.3, 0.4) is 0 Å². The predicted octanol–water partition coefficient (Wildman–Crippen LogP) is 0.612. The minimum atomic E-state index is -1.55. The third-order valence-electron chi connectivity index (χ3n) is 11.7. The highest BCUT2D eigenvalue weighted by Gasteiger charge is 2.39. The monoisotopic (exact) mass is 982 g/mol. The molecule has 1 saturated carbocycles. The fourth-order valence-electron chi connectivity index (χ4n) is 7.93. The van der Waals surface area contributed by atoms with Gasteiger partial charge in [0, 0.05) is 42.9 Å². The van der Waals surface area contributed by atoms with Gasteiger partial charge in [0.05, 0.1) is 19.1 Å². The Labute approximate surface area is 406 Å². The number of hydrogen-bond acceptors (Lipinski definition) is 13. The van der Waals surface area contributed by atoms with E-state index in [1.54, 1.807) is 50.2 Å². The second kappa shape index (κ2) is 28.2. The molecule has 68 heavy (non-hydrogen) atoms. The van der Waals surface area contributed by atoms with Gasteiger partial charge in [-0.3, -0.25) is 38.4 Å². The molecule has 2 aliphatic rings. The largest absolute Gasteiger partial charge is 0.494 e. The maximum atomic E-state index is 14.5. The standard InChI is InChI=1S/C47H70N10O9S2/c1-4-66-32-17-15-31(16-18-32)25-34-43(62)54-35(24-30-12-7-5-8-13-30)45(64)57-40(29(2)3)46(65)55-36(26-38(50)58)44(63)56-37(42(61)52-23-22-51-41(60)33(49)14-11-21-48)28-67-68-47(27-39(59)53-34)19-9-6-10-20-47/h5,7-8,12-13,15-18,29,33-37,40H,4,6,9-11,14,19-28,48-49H2,1-3H3,(H2,50,58)(H,51,60)(H,52,61)(H,53,59)(H,54,62)(H,55,65)(H,56,63)(H,57,64)/t33-,34+,35+,36+,37+,40-/m0/s1. The quantitative estimate of drug-likeness (QED) is 0.0769. The third-order valence-corrected chi connectivity index (χ3v) is 15.0. The summed E-state index contributed by atoms with van der Waals surface area (Å²) in [7, 11) is 2.71. The van der Waals surface area contributed by atoms with Crippen molar-refractivity contribution in [2.24, 2.45) is 23.1 Å². The molecule has 1 spiro atoms. The van der Waals surface area contributed by atoms with Crippen molar-refractivity contribution in [2.45, 2.75) is 132 Å². The lowest BCUT2D eigenvalue weighted by molar-refractivity contribution is -0.136. The van der Waals surface area contributed by atoms with Crippen LogP contribution in [0, 0.1) is 5.92 Å². The molecule has 2 aromatic carbocycles. The zero-order chi connectivity index (χ0) is 49.6. The first kappa shape index (κ1) is 55.2. The van der Waals surface area contributed by atoms with Crippen molar-refractivity contribution in [3.63, 3.8) is 0 Å². The minimum absolute atomic E-state index is 0.00454. The predicted molar refractivity (Wildman–Crippen MR) is 263 cm³/mol. The molecule has 1 saturated heterocycles. The Morgan fingerprint density at radius 1 is 0.779 bits per heavy atom. The van der Waals surface area contributed by atoms with E-state index in [9.17, 15) is 38.4 Å². The average Bonchev–Trinajstić information content (AvgIpc) is 3.30. The SMILES string of the molecule is CCOc1ccc(C[C@H]2NC(=O)CC3(CCCCC3)SSC[C@H](C(=O)NCCNC(=O)[C@@H](N)CCCN)NC(=O)[C@@H](CC(N)=O)NC(=O)[C@H](C(C)C)NC(=O)[C@@H](Cc3ccccc3)NC2=O)cc1. The van der Waals surface area contributed by atoms with Crippen LogP contribution in [0.2, 0.25) is 0 Å². The molecule has 13 N–H and O–H groups in total. The summed E-state index contributed by atoms with van der Waals surface area (Å²) in [5.41, 5.74) is 18.5. The molecule has 2 aromatic rings. The van der Waals surface area contributed by atoms with Crippen LogP contribution in [0.15, 0.2) is 54.6 Å². The van der Waals surface area contributed by atoms with E-state index in [0.717, 1.165) is 24.8 Å². The number of carbonyl (C=O) groups excluding carboxylic acids is 8. The van der Waals surface area contributed by atoms with Gasteiger partial charge in [-0.25, -0.2) is 0 Å². The van der Waals surface area contributed by atoms with Gasteiger partial charge in [0.15, 0.2) is 0 Å². The van der Waals surface area contributed by atoms with Crippen molar-refractivity contribution in [1.82, 2.24) is 37.2 Å². The number of primary amides is 1. The maximum absolute atomic E-state index is 14.5. The van der Waals surface area contributed by atoms with Gasteiger partial charge in [0.25, 0.3) is 0 Å². The second-order valence-corrected chi connectivity index (χ2v) is 20.4. The Bertz CT molecular complexity index is 2010. The molecule has 1 aliphatic heterocycles. The maximum Gasteiger partial charge on any atom is 0.243 e. The number of amides is 8. The number of benzene rings is 2. The Kier molecular flexibility index (Phi) is 22.9. The lowest BCUT2D eigenvalue weighted by Crippen LogP contribution is -2.61. The number of rotatable bonds is 17. The summed E-state index contributed by atoms with van der Waals surface area (Å²) in [5, 5.41) is 19.3. The van der Waals surface area contributed by atoms with Crippen molar-refractivity contribution in [1.29, 1.82) is 0 Å². The molecule has 21 heteroatoms. The van der Waals surface area contributed by atoms with Crippen LogP contribution in [-0.2, 0) is 51.2 Å². The normalized spacial score (nSPS) is 22.6. The lowest BCUT2D eigenvalue weighted by atomic mass is 9.85. The molecule has 19 nitrogen and oxygen atoms in total. The molecular weight excluding hydrogens is 913 g/mol. The molecular formula is C47H70N10O9S2. The molecule has 0 aromatic heterocycles. The van der Waals surface area contributed by atoms with Crippen LogP contribution in [0.4, 0.5) is 0 Å². The fourth-order valence-corrected chi connectivity index (χ4v) is 11.3. The van der Waals surface area contributed by atoms with E-state index in [1.807, 2.05) is 25.1 Å². The molecule has 0 radical (unpaired) electrons. The smallest absolute Gasteiger partial charge is 0.243 e. The van der Waals surface area contributed by atoms with Crippen LogP contribution >= 0.6 is 21.6 Å². The first-order chi connectivity index (χ1) is 32.5. The van der Waals surface area contributed by atoms with Gasteiger partial charge < -0.3 is 59.2 Å². The number of nitrogens with two attached hydrogens (primary N) is 3. The van der Waals surface area contributed by atoms with Gasteiger partial charge in [0.2, 0.25) is 47.3 Å². The van der Waals surface area contributed by atoms with Crippen molar-refractivity contribution in [3.05, 3.63) is 65.7 Å². The highest BCUT2D eigenvalue weighted by Crippen LogP contribution is 2.48. The number of hydrogen-bond donors (Lipinski definition) is 10. The summed E-state index contributed by atoms with van der Waals surface area (Å²) in [5.74, 6) is -5.30. The van der Waals surface area contributed by atoms with E-state index >= 15 is 0 Å². The zero-order valence-electron chi connectivity index (χ0n) is 39.3. The number of carbonyl (C=O) groups is 8. The van der Waals surface area contributed by atoms with E-state index in [-0.39, 0.29) is 44.0 Å². The third kappa shape index (κ3) is 18.3. The first-order valence-electron chi connectivity index (χ1n) is 23.4. The summed E-state index contributed by atoms with van der Waals surface area (Å²) >= 11 is 0. The molecule has 1 heterocycles. The van der Waals surface area contributed by atoms with Crippen LogP contribution in [0.5, 0.6) is 5.75 Å². The number of ether oxygens (including phenoxy) is 1. The molecule has 4 rings (SSSR count). The van der Waals surface area contributed by atoms with E-state index in [2.05, 4.69) is 37.2 Å². The first-order valence-corrected chi connectivity index (χ1v) is 25.7. The summed E-state index contributed by atoms with van der Waals surface area (Å²) in [6, 6.07) is 8.98. The van der Waals surface area contributed by atoms with Gasteiger partial charge in [-0.2, -0.15) is 0 Å². The van der Waals surface area contributed by atoms with Gasteiger partial charge in [-0.1, -0.05) is 97.2 Å². The highest BCUT2D eigenvalue weighted by atomic mass is 33.1. The molecule has 0 bridgehead atoms. The van der Waals surface area contributed by atoms with Gasteiger partial charge in [-0.15, -0.1) is 0 Å². The van der Waals surface area contributed by atoms with E-state index in [4.69, 9.17) is 21.9 Å². The van der Waals surface area contributed by atoms with E-state index in [0.29, 0.717) is 50.1 Å². The summed E-state index contributed by atoms with van der Waals surface area (Å²) in [4.78, 5) is 110. The zero-order valence-corrected chi connectivity index (χ0v) is 40.9. The van der Waals surface area contributed by atoms with Crippen molar-refractivity contribution in [2.75, 3.05) is 32.0 Å². The topological polar surface area (TPSA) is 308 Å². The van der Waals surface area contributed by atoms with Crippen LogP contribution < -0.4 is 59.2 Å². The number of nitrogens with one attached hydrogen (secondary N) is 7. The van der Waals surface area contributed by atoms with Gasteiger partial charge in [-0.05, 0) is 68.3 Å². The molecule has 2 fully saturated rings. The van der Waals surface area contributed by atoms with Crippen LogP contribution in [-0.4, -0.2) is 120 Å². The molecule has 1 aliphatic carbocycles. The molecule has 374 valence electrons. The Morgan fingerprint density at radius 2 is 1.38 bits per heavy atom. The molecule has 0 unspecified atom stereocenters. The highest BCUT2D eigenvalue weighted by molar-refractivity contribution is 8.77. The fraction of sp³-hybridized carbons (Fsp3) is 0.574. The van der Waals surface area contributed by atoms with Gasteiger partial charge in [0.1, 0.15) is 36.0 Å². The average molecular weight is 983 g/mol. The molecule has 6 atom stereocenters. The van der Waals surface area contributed by atoms with Crippen LogP contribution in [0.25, 0.3) is 0 Å². The van der Waals surface area contributed by atoms with E-state index < -0.39 is 94.7 Å². The van der Waals surface area contributed by atoms with Crippen molar-refractivity contribution < 1.29 is 43.1 Å². The Hall–Kier alpha value is -5.38. The Balaban J connectivity index is 1.71. The summed E-state index contributed by atoms with van der Waals surface area (Å²) in [6.07, 6.45) is 4.41. The molecule has 8 amide bonds. The minimum Gasteiger partial charge on any atom is -0.494 e. The second-order valence-electron chi connectivity index (χ2n) is 17.6. The van der Waals surface area contributed by atoms with Crippen molar-refractivity contribution in [3.8, 4) is 5.75 Å². The van der Waals surface area contributed by atoms with Gasteiger partial charge >= 0.3 is 0 Å². The van der Waals surface area contributed by atoms with E-state index in [1.165, 1.54) is 21.6 Å². The summed E-state index contributed by atoms with van der Waals surface area (Å²) < 4.78 is 5.00. The Morgan fingerprint density at radius 3 is 2.01 bits per heavy atom. The van der Waals surface area contributed by atoms with Crippen LogP contribution in [0.1, 0.15) is 89.7 Å².